The molecule has 0 unspecified atom stereocenters. The third-order valence-corrected chi connectivity index (χ3v) is 4.53. The number of hydrogen-bond acceptors (Lipinski definition) is 4. The maximum Gasteiger partial charge on any atom is 0.257 e. The zero-order valence-corrected chi connectivity index (χ0v) is 17.6. The number of rotatable bonds is 5. The molecule has 142 valence electrons. The third kappa shape index (κ3) is 6.04. The van der Waals surface area contributed by atoms with E-state index in [1.165, 1.54) is 0 Å². The van der Waals surface area contributed by atoms with Gasteiger partial charge in [-0.1, -0.05) is 12.1 Å². The van der Waals surface area contributed by atoms with Crippen LogP contribution < -0.4 is 15.4 Å². The van der Waals surface area contributed by atoms with E-state index in [0.717, 1.165) is 11.3 Å². The predicted octanol–water partition coefficient (Wildman–Crippen LogP) is 3.22. The Hall–Kier alpha value is -2.45. The molecule has 0 aliphatic rings. The number of nitrogens with zero attached hydrogens (tertiary/aromatic N) is 1. The molecule has 0 radical (unpaired) electrons. The molecule has 27 heavy (non-hydrogen) atoms. The monoisotopic (exact) mass is 449 g/mol. The van der Waals surface area contributed by atoms with Crippen LogP contribution in [0, 0.1) is 0 Å². The zero-order valence-electron chi connectivity index (χ0n) is 15.2. The van der Waals surface area contributed by atoms with Crippen LogP contribution in [-0.2, 0) is 11.2 Å². The molecule has 0 saturated carbocycles. The molecule has 0 aliphatic heterocycles. The fourth-order valence-corrected chi connectivity index (χ4v) is 2.94. The molecule has 0 bridgehead atoms. The third-order valence-electron chi connectivity index (χ3n) is 3.71. The highest BCUT2D eigenvalue weighted by Crippen LogP contribution is 2.25. The van der Waals surface area contributed by atoms with Crippen LogP contribution in [0.4, 0.5) is 5.69 Å². The summed E-state index contributed by atoms with van der Waals surface area (Å²) in [5.41, 5.74) is 2.07. The van der Waals surface area contributed by atoms with Gasteiger partial charge < -0.3 is 15.0 Å². The highest BCUT2D eigenvalue weighted by Gasteiger charge is 2.11. The van der Waals surface area contributed by atoms with Crippen molar-refractivity contribution in [3.05, 3.63) is 58.1 Å². The quantitative estimate of drug-likeness (QED) is 0.685. The molecule has 2 aromatic carbocycles. The summed E-state index contributed by atoms with van der Waals surface area (Å²) in [7, 11) is 5.00. The Morgan fingerprint density at radius 2 is 1.81 bits per heavy atom. The summed E-state index contributed by atoms with van der Waals surface area (Å²) in [4.78, 5) is 25.6. The van der Waals surface area contributed by atoms with Crippen molar-refractivity contribution in [3.63, 3.8) is 0 Å². The van der Waals surface area contributed by atoms with Gasteiger partial charge in [0.25, 0.3) is 5.91 Å². The van der Waals surface area contributed by atoms with Gasteiger partial charge in [-0.05, 0) is 64.0 Å². The van der Waals surface area contributed by atoms with E-state index in [1.807, 2.05) is 12.1 Å². The topological polar surface area (TPSA) is 70.7 Å². The smallest absolute Gasteiger partial charge is 0.257 e. The summed E-state index contributed by atoms with van der Waals surface area (Å²) in [6, 6.07) is 12.3. The van der Waals surface area contributed by atoms with Crippen LogP contribution in [0.3, 0.4) is 0 Å². The van der Waals surface area contributed by atoms with Gasteiger partial charge in [0.2, 0.25) is 5.91 Å². The standard InChI is InChI=1S/C19H20BrN3O3S/c1-23(2)17(24)10-12-4-7-14(8-5-12)21-19(27)22-18(25)13-6-9-16(26-3)15(20)11-13/h4-9,11H,10H2,1-3H3,(H2,21,22,25,27). The van der Waals surface area contributed by atoms with Crippen LogP contribution in [-0.4, -0.2) is 43.0 Å². The number of carbonyl (C=O) groups excluding carboxylic acids is 2. The molecule has 0 fully saturated rings. The van der Waals surface area contributed by atoms with Crippen LogP contribution in [0.1, 0.15) is 15.9 Å². The number of likely N-dealkylation sites (N-methyl/N-ethyl adjacent to an activating group) is 1. The Balaban J connectivity index is 1.94. The fraction of sp³-hybridized carbons (Fsp3) is 0.211. The van der Waals surface area contributed by atoms with Gasteiger partial charge in [-0.2, -0.15) is 0 Å². The van der Waals surface area contributed by atoms with E-state index in [9.17, 15) is 9.59 Å². The molecule has 2 aromatic rings. The number of nitrogens with one attached hydrogen (secondary N) is 2. The summed E-state index contributed by atoms with van der Waals surface area (Å²) in [5.74, 6) is 0.341. The molecular formula is C19H20BrN3O3S. The lowest BCUT2D eigenvalue weighted by Gasteiger charge is -2.12. The lowest BCUT2D eigenvalue weighted by Crippen LogP contribution is -2.34. The minimum absolute atomic E-state index is 0.0316. The number of thiocarbonyl (C=S) groups is 1. The number of amides is 2. The lowest BCUT2D eigenvalue weighted by molar-refractivity contribution is -0.127. The van der Waals surface area contributed by atoms with Gasteiger partial charge in [0.05, 0.1) is 18.0 Å². The van der Waals surface area contributed by atoms with Gasteiger partial charge in [-0.3, -0.25) is 14.9 Å². The number of halogens is 1. The summed E-state index contributed by atoms with van der Waals surface area (Å²) in [6.45, 7) is 0. The normalized spacial score (nSPS) is 10.1. The van der Waals surface area contributed by atoms with Gasteiger partial charge in [-0.15, -0.1) is 0 Å². The molecule has 2 N–H and O–H groups in total. The van der Waals surface area contributed by atoms with E-state index in [1.54, 1.807) is 56.4 Å². The number of ether oxygens (including phenoxy) is 1. The lowest BCUT2D eigenvalue weighted by atomic mass is 10.1. The molecule has 2 amide bonds. The van der Waals surface area contributed by atoms with Crippen LogP contribution in [0.5, 0.6) is 5.75 Å². The van der Waals surface area contributed by atoms with Crippen LogP contribution in [0.25, 0.3) is 0 Å². The van der Waals surface area contributed by atoms with Crippen molar-refractivity contribution in [3.8, 4) is 5.75 Å². The molecule has 2 rings (SSSR count). The fourth-order valence-electron chi connectivity index (χ4n) is 2.18. The number of methoxy groups -OCH3 is 1. The molecule has 0 heterocycles. The second kappa shape index (κ2) is 9.48. The van der Waals surface area contributed by atoms with Crippen molar-refractivity contribution in [2.45, 2.75) is 6.42 Å². The molecule has 0 saturated heterocycles. The summed E-state index contributed by atoms with van der Waals surface area (Å²) in [6.07, 6.45) is 0.334. The molecule has 0 aromatic heterocycles. The molecule has 8 heteroatoms. The van der Waals surface area contributed by atoms with Gasteiger partial charge in [0.15, 0.2) is 5.11 Å². The van der Waals surface area contributed by atoms with Crippen LogP contribution in [0.15, 0.2) is 46.9 Å². The van der Waals surface area contributed by atoms with Crippen molar-refractivity contribution in [1.29, 1.82) is 0 Å². The first-order valence-corrected chi connectivity index (χ1v) is 9.25. The number of benzene rings is 2. The first kappa shape index (κ1) is 20.9. The molecule has 0 atom stereocenters. The Morgan fingerprint density at radius 3 is 2.37 bits per heavy atom. The van der Waals surface area contributed by atoms with Crippen LogP contribution >= 0.6 is 28.1 Å². The van der Waals surface area contributed by atoms with Crippen molar-refractivity contribution in [1.82, 2.24) is 10.2 Å². The van der Waals surface area contributed by atoms with E-state index in [0.29, 0.717) is 22.2 Å². The molecule has 0 aliphatic carbocycles. The number of carbonyl (C=O) groups is 2. The second-order valence-corrected chi connectivity index (χ2v) is 7.18. The molecule has 6 nitrogen and oxygen atoms in total. The highest BCUT2D eigenvalue weighted by atomic mass is 79.9. The SMILES string of the molecule is COc1ccc(C(=O)NC(=S)Nc2ccc(CC(=O)N(C)C)cc2)cc1Br. The second-order valence-electron chi connectivity index (χ2n) is 5.92. The number of anilines is 1. The Bertz CT molecular complexity index is 854. The first-order valence-electron chi connectivity index (χ1n) is 8.05. The van der Waals surface area contributed by atoms with Gasteiger partial charge in [0.1, 0.15) is 5.75 Å². The average Bonchev–Trinajstić information content (AvgIpc) is 2.63. The summed E-state index contributed by atoms with van der Waals surface area (Å²) in [5, 5.41) is 5.77. The Labute approximate surface area is 172 Å². The summed E-state index contributed by atoms with van der Waals surface area (Å²) < 4.78 is 5.83. The molecular weight excluding hydrogens is 430 g/mol. The van der Waals surface area contributed by atoms with E-state index >= 15 is 0 Å². The molecule has 0 spiro atoms. The Kier molecular flexibility index (Phi) is 7.32. The maximum absolute atomic E-state index is 12.3. The average molecular weight is 450 g/mol. The van der Waals surface area contributed by atoms with E-state index < -0.39 is 0 Å². The van der Waals surface area contributed by atoms with E-state index in [2.05, 4.69) is 26.6 Å². The minimum Gasteiger partial charge on any atom is -0.496 e. The first-order chi connectivity index (χ1) is 12.8. The van der Waals surface area contributed by atoms with Crippen molar-refractivity contribution in [2.24, 2.45) is 0 Å². The number of hydrogen-bond donors (Lipinski definition) is 2. The van der Waals surface area contributed by atoms with Crippen LogP contribution in [0.2, 0.25) is 0 Å². The van der Waals surface area contributed by atoms with Crippen molar-refractivity contribution < 1.29 is 14.3 Å². The Morgan fingerprint density at radius 1 is 1.15 bits per heavy atom. The van der Waals surface area contributed by atoms with Crippen molar-refractivity contribution in [2.75, 3.05) is 26.5 Å². The largest absolute Gasteiger partial charge is 0.496 e. The predicted molar refractivity (Wildman–Crippen MR) is 113 cm³/mol. The van der Waals surface area contributed by atoms with Crippen molar-refractivity contribution >= 4 is 50.8 Å². The van der Waals surface area contributed by atoms with Gasteiger partial charge >= 0.3 is 0 Å². The van der Waals surface area contributed by atoms with E-state index in [-0.39, 0.29) is 16.9 Å². The van der Waals surface area contributed by atoms with Gasteiger partial charge in [0, 0.05) is 25.3 Å². The highest BCUT2D eigenvalue weighted by molar-refractivity contribution is 9.10. The summed E-state index contributed by atoms with van der Waals surface area (Å²) >= 11 is 8.54. The van der Waals surface area contributed by atoms with Gasteiger partial charge in [-0.25, -0.2) is 0 Å². The maximum atomic E-state index is 12.3. The minimum atomic E-state index is -0.330. The van der Waals surface area contributed by atoms with E-state index in [4.69, 9.17) is 17.0 Å². The zero-order chi connectivity index (χ0) is 20.0.